The largest absolute Gasteiger partial charge is 0.343 e. The van der Waals surface area contributed by atoms with E-state index >= 15 is 0 Å². The Morgan fingerprint density at radius 2 is 1.57 bits per heavy atom. The fourth-order valence-electron chi connectivity index (χ4n) is 5.04. The number of H-pyrrole nitrogens is 1. The highest BCUT2D eigenvalue weighted by molar-refractivity contribution is 5.56. The molecule has 3 aromatic rings. The highest BCUT2D eigenvalue weighted by atomic mass is 16.2. The van der Waals surface area contributed by atoms with Crippen molar-refractivity contribution in [2.24, 2.45) is 5.73 Å². The van der Waals surface area contributed by atoms with E-state index in [1.807, 2.05) is 20.8 Å². The first-order valence-corrected chi connectivity index (χ1v) is 10.9. The number of aromatic nitrogens is 3. The van der Waals surface area contributed by atoms with Crippen molar-refractivity contribution in [3.05, 3.63) is 86.1 Å². The van der Waals surface area contributed by atoms with Gasteiger partial charge in [0.1, 0.15) is 5.82 Å². The Balaban J connectivity index is 2.12. The molecule has 1 aliphatic carbocycles. The normalized spacial score (nSPS) is 16.1. The van der Waals surface area contributed by atoms with E-state index in [1.54, 1.807) is 4.68 Å². The number of nitrogens with two attached hydrogens (primary N) is 1. The maximum absolute atomic E-state index is 12.8. The van der Waals surface area contributed by atoms with Crippen LogP contribution in [0.2, 0.25) is 0 Å². The minimum absolute atomic E-state index is 0.0180. The average Bonchev–Trinajstić information content (AvgIpc) is 3.01. The van der Waals surface area contributed by atoms with Crippen LogP contribution in [0.25, 0.3) is 0 Å². The lowest BCUT2D eigenvalue weighted by molar-refractivity contribution is 0.456. The van der Waals surface area contributed by atoms with Crippen LogP contribution in [0.4, 0.5) is 0 Å². The van der Waals surface area contributed by atoms with Crippen LogP contribution in [0, 0.1) is 13.8 Å². The van der Waals surface area contributed by atoms with Crippen LogP contribution in [0.3, 0.4) is 0 Å². The Hall–Kier alpha value is -2.66. The second-order valence-electron chi connectivity index (χ2n) is 9.23. The number of benzene rings is 2. The van der Waals surface area contributed by atoms with Gasteiger partial charge in [-0.25, -0.2) is 9.48 Å². The summed E-state index contributed by atoms with van der Waals surface area (Å²) in [7, 11) is 0. The summed E-state index contributed by atoms with van der Waals surface area (Å²) >= 11 is 0. The summed E-state index contributed by atoms with van der Waals surface area (Å²) in [5.41, 5.74) is 13.2. The van der Waals surface area contributed by atoms with Gasteiger partial charge in [0, 0.05) is 6.04 Å². The topological polar surface area (TPSA) is 76.7 Å². The number of fused-ring (bicyclic) bond motifs is 2. The quantitative estimate of drug-likeness (QED) is 0.691. The molecule has 1 atom stereocenters. The molecule has 0 saturated heterocycles. The van der Waals surface area contributed by atoms with Gasteiger partial charge in [0.25, 0.3) is 0 Å². The van der Waals surface area contributed by atoms with Gasteiger partial charge in [-0.05, 0) is 76.1 Å². The highest BCUT2D eigenvalue weighted by Gasteiger charge is 2.44. The number of aryl methyl sites for hydroxylation is 4. The number of hydrogen-bond acceptors (Lipinski definition) is 3. The van der Waals surface area contributed by atoms with Gasteiger partial charge < -0.3 is 5.73 Å². The molecule has 1 heterocycles. The monoisotopic (exact) mass is 404 g/mol. The lowest BCUT2D eigenvalue weighted by atomic mass is 9.68. The van der Waals surface area contributed by atoms with Crippen LogP contribution in [0.15, 0.2) is 41.2 Å². The maximum Gasteiger partial charge on any atom is 0.343 e. The van der Waals surface area contributed by atoms with Crippen LogP contribution < -0.4 is 11.4 Å². The molecule has 1 aliphatic rings. The Bertz CT molecular complexity index is 1080. The third-order valence-corrected chi connectivity index (χ3v) is 6.27. The zero-order valence-electron chi connectivity index (χ0n) is 18.6. The summed E-state index contributed by atoms with van der Waals surface area (Å²) in [6.07, 6.45) is 2.59. The summed E-state index contributed by atoms with van der Waals surface area (Å²) in [5.74, 6) is 0.690. The van der Waals surface area contributed by atoms with Gasteiger partial charge in [-0.2, -0.15) is 5.10 Å². The van der Waals surface area contributed by atoms with Crippen LogP contribution >= 0.6 is 0 Å². The fourth-order valence-corrected chi connectivity index (χ4v) is 5.04. The molecule has 0 bridgehead atoms. The fraction of sp³-hybridized carbons (Fsp3) is 0.440. The van der Waals surface area contributed by atoms with Gasteiger partial charge in [-0.1, -0.05) is 47.5 Å². The van der Waals surface area contributed by atoms with Crippen LogP contribution in [-0.4, -0.2) is 20.8 Å². The van der Waals surface area contributed by atoms with Gasteiger partial charge in [0.2, 0.25) is 0 Å². The predicted octanol–water partition coefficient (Wildman–Crippen LogP) is 3.94. The van der Waals surface area contributed by atoms with Crippen molar-refractivity contribution in [1.29, 1.82) is 0 Å². The zero-order chi connectivity index (χ0) is 21.6. The summed E-state index contributed by atoms with van der Waals surface area (Å²) in [6.45, 7) is 10.2. The number of aromatic amines is 1. The predicted molar refractivity (Wildman–Crippen MR) is 121 cm³/mol. The molecule has 30 heavy (non-hydrogen) atoms. The molecule has 0 fully saturated rings. The van der Waals surface area contributed by atoms with Crippen molar-refractivity contribution in [1.82, 2.24) is 14.8 Å². The van der Waals surface area contributed by atoms with Crippen molar-refractivity contribution in [3.8, 4) is 0 Å². The smallest absolute Gasteiger partial charge is 0.328 e. The number of rotatable bonds is 4. The third kappa shape index (κ3) is 3.31. The third-order valence-electron chi connectivity index (χ3n) is 6.27. The van der Waals surface area contributed by atoms with E-state index in [4.69, 9.17) is 10.8 Å². The Kier molecular flexibility index (Phi) is 5.18. The lowest BCUT2D eigenvalue weighted by Crippen LogP contribution is -2.38. The zero-order valence-corrected chi connectivity index (χ0v) is 18.6. The standard InChI is InChI=1S/C25H32N4O/c1-15(2)29-24(30)27-23(28-29)25(14-18(5)26)21-10-6-16(3)12-19(21)8-9-20-13-17(4)7-11-22(20)25/h6-7,10-13,15,18H,8-9,14,26H2,1-5H3,(H,27,28,30)/t18-/m1/s1. The van der Waals surface area contributed by atoms with Gasteiger partial charge >= 0.3 is 5.69 Å². The molecule has 5 nitrogen and oxygen atoms in total. The van der Waals surface area contributed by atoms with Crippen LogP contribution in [-0.2, 0) is 18.3 Å². The molecule has 158 valence electrons. The van der Waals surface area contributed by atoms with E-state index in [0.29, 0.717) is 12.2 Å². The molecule has 3 N–H and O–H groups in total. The Labute approximate surface area is 178 Å². The molecule has 0 amide bonds. The molecule has 0 aliphatic heterocycles. The van der Waals surface area contributed by atoms with Crippen molar-refractivity contribution in [2.45, 2.75) is 71.4 Å². The molecule has 5 heteroatoms. The second kappa shape index (κ2) is 7.55. The minimum atomic E-state index is -0.587. The van der Waals surface area contributed by atoms with E-state index in [1.165, 1.54) is 33.4 Å². The number of nitrogens with zero attached hydrogens (tertiary/aromatic N) is 2. The molecule has 0 unspecified atom stereocenters. The van der Waals surface area contributed by atoms with Crippen LogP contribution in [0.5, 0.6) is 0 Å². The first kappa shape index (κ1) is 20.6. The van der Waals surface area contributed by atoms with Crippen molar-refractivity contribution < 1.29 is 0 Å². The molecule has 4 rings (SSSR count). The van der Waals surface area contributed by atoms with E-state index in [0.717, 1.165) is 12.8 Å². The maximum atomic E-state index is 12.8. The van der Waals surface area contributed by atoms with Gasteiger partial charge in [0.15, 0.2) is 0 Å². The second-order valence-corrected chi connectivity index (χ2v) is 9.23. The highest BCUT2D eigenvalue weighted by Crippen LogP contribution is 2.46. The molecule has 0 radical (unpaired) electrons. The number of nitrogens with one attached hydrogen (secondary N) is 1. The van der Waals surface area contributed by atoms with Crippen molar-refractivity contribution in [2.75, 3.05) is 0 Å². The first-order chi connectivity index (χ1) is 14.2. The van der Waals surface area contributed by atoms with Crippen LogP contribution in [0.1, 0.15) is 72.4 Å². The first-order valence-electron chi connectivity index (χ1n) is 10.9. The van der Waals surface area contributed by atoms with E-state index in [2.05, 4.69) is 55.2 Å². The number of hydrogen-bond donors (Lipinski definition) is 2. The lowest BCUT2D eigenvalue weighted by Gasteiger charge is -2.36. The van der Waals surface area contributed by atoms with Gasteiger partial charge in [0.05, 0.1) is 11.5 Å². The molecule has 2 aromatic carbocycles. The Morgan fingerprint density at radius 3 is 2.00 bits per heavy atom. The van der Waals surface area contributed by atoms with E-state index in [-0.39, 0.29) is 17.8 Å². The van der Waals surface area contributed by atoms with E-state index in [9.17, 15) is 4.79 Å². The molecular weight excluding hydrogens is 372 g/mol. The van der Waals surface area contributed by atoms with Crippen molar-refractivity contribution >= 4 is 0 Å². The SMILES string of the molecule is Cc1ccc2c(c1)CCc1cc(C)ccc1C2(C[C@@H](C)N)c1nn(C(C)C)c(=O)[nH]1. The van der Waals surface area contributed by atoms with E-state index < -0.39 is 5.41 Å². The van der Waals surface area contributed by atoms with Gasteiger partial charge in [-0.3, -0.25) is 4.98 Å². The molecular formula is C25H32N4O. The summed E-state index contributed by atoms with van der Waals surface area (Å²) in [6, 6.07) is 13.2. The summed E-state index contributed by atoms with van der Waals surface area (Å²) < 4.78 is 1.55. The molecule has 0 spiro atoms. The molecule has 1 aromatic heterocycles. The minimum Gasteiger partial charge on any atom is -0.328 e. The average molecular weight is 405 g/mol. The summed E-state index contributed by atoms with van der Waals surface area (Å²) in [4.78, 5) is 15.9. The Morgan fingerprint density at radius 1 is 1.03 bits per heavy atom. The van der Waals surface area contributed by atoms with Crippen molar-refractivity contribution in [3.63, 3.8) is 0 Å². The van der Waals surface area contributed by atoms with Gasteiger partial charge in [-0.15, -0.1) is 0 Å². The summed E-state index contributed by atoms with van der Waals surface area (Å²) in [5, 5.41) is 4.84. The molecule has 0 saturated carbocycles.